The normalized spacial score (nSPS) is 11.6. The first-order chi connectivity index (χ1) is 9.17. The molecular formula is C14H8Br4S. The lowest BCUT2D eigenvalue weighted by molar-refractivity contribution is 1.47. The first-order valence-electron chi connectivity index (χ1n) is 5.60. The molecule has 0 saturated carbocycles. The molecule has 3 rings (SSSR count). The number of rotatable bonds is 2. The molecule has 0 aliphatic carbocycles. The van der Waals surface area contributed by atoms with E-state index in [9.17, 15) is 0 Å². The number of thiophene rings is 1. The Morgan fingerprint density at radius 3 is 1.53 bits per heavy atom. The highest BCUT2D eigenvalue weighted by atomic mass is 79.9. The Balaban J connectivity index is 2.51. The molecule has 19 heavy (non-hydrogen) atoms. The van der Waals surface area contributed by atoms with E-state index < -0.39 is 0 Å². The minimum atomic E-state index is 0.864. The Morgan fingerprint density at radius 1 is 0.737 bits per heavy atom. The minimum absolute atomic E-state index is 0.864. The average Bonchev–Trinajstić information content (AvgIpc) is 2.77. The van der Waals surface area contributed by atoms with Gasteiger partial charge >= 0.3 is 0 Å². The van der Waals surface area contributed by atoms with Gasteiger partial charge in [0.25, 0.3) is 0 Å². The van der Waals surface area contributed by atoms with E-state index in [0.29, 0.717) is 0 Å². The van der Waals surface area contributed by atoms with Crippen molar-refractivity contribution in [3.05, 3.63) is 44.3 Å². The fourth-order valence-corrected chi connectivity index (χ4v) is 7.10. The predicted octanol–water partition coefficient (Wildman–Crippen LogP) is 7.37. The second-order valence-electron chi connectivity index (χ2n) is 4.17. The molecule has 5 heteroatoms. The summed E-state index contributed by atoms with van der Waals surface area (Å²) >= 11 is 16.3. The van der Waals surface area contributed by atoms with Gasteiger partial charge in [-0.3, -0.25) is 0 Å². The molecule has 0 fully saturated rings. The van der Waals surface area contributed by atoms with Crippen LogP contribution in [0.25, 0.3) is 20.2 Å². The second kappa shape index (κ2) is 5.76. The minimum Gasteiger partial charge on any atom is -0.134 e. The Kier molecular flexibility index (Phi) is 4.40. The van der Waals surface area contributed by atoms with Gasteiger partial charge in [-0.1, -0.05) is 75.9 Å². The van der Waals surface area contributed by atoms with Crippen LogP contribution in [0.4, 0.5) is 0 Å². The van der Waals surface area contributed by atoms with Crippen molar-refractivity contribution in [1.82, 2.24) is 0 Å². The van der Waals surface area contributed by atoms with Crippen LogP contribution in [0.1, 0.15) is 11.1 Å². The number of hydrogen-bond acceptors (Lipinski definition) is 1. The third-order valence-electron chi connectivity index (χ3n) is 3.17. The van der Waals surface area contributed by atoms with Crippen molar-refractivity contribution in [2.75, 3.05) is 0 Å². The smallest absolute Gasteiger partial charge is 0.0407 e. The molecule has 0 aliphatic heterocycles. The third kappa shape index (κ3) is 2.35. The van der Waals surface area contributed by atoms with Gasteiger partial charge in [-0.05, 0) is 23.3 Å². The standard InChI is InChI=1S/C14H8Br4S/c15-5-9-11(17)3-1-7-8-2-4-12(18)10(6-16)14(8)19-13(7)9/h1-4H,5-6H2. The first-order valence-corrected chi connectivity index (χ1v) is 10.2. The molecule has 0 bridgehead atoms. The first kappa shape index (κ1) is 14.5. The van der Waals surface area contributed by atoms with Crippen molar-refractivity contribution in [2.45, 2.75) is 10.7 Å². The Bertz CT molecular complexity index is 712. The topological polar surface area (TPSA) is 0 Å². The van der Waals surface area contributed by atoms with Gasteiger partial charge in [0.15, 0.2) is 0 Å². The predicted molar refractivity (Wildman–Crippen MR) is 100.0 cm³/mol. The summed E-state index contributed by atoms with van der Waals surface area (Å²) < 4.78 is 5.06. The number of hydrogen-bond donors (Lipinski definition) is 0. The van der Waals surface area contributed by atoms with Crippen molar-refractivity contribution in [3.8, 4) is 0 Å². The van der Waals surface area contributed by atoms with Gasteiger partial charge in [-0.2, -0.15) is 0 Å². The summed E-state index contributed by atoms with van der Waals surface area (Å²) in [5, 5.41) is 4.41. The fraction of sp³-hybridized carbons (Fsp3) is 0.143. The molecule has 2 aromatic carbocycles. The summed E-state index contributed by atoms with van der Waals surface area (Å²) in [4.78, 5) is 0. The van der Waals surface area contributed by atoms with Crippen LogP contribution in [-0.2, 0) is 10.7 Å². The molecule has 1 heterocycles. The zero-order chi connectivity index (χ0) is 13.6. The highest BCUT2D eigenvalue weighted by Gasteiger charge is 2.14. The van der Waals surface area contributed by atoms with Gasteiger partial charge < -0.3 is 0 Å². The maximum atomic E-state index is 3.64. The summed E-state index contributed by atoms with van der Waals surface area (Å²) in [7, 11) is 0. The van der Waals surface area contributed by atoms with Crippen molar-refractivity contribution < 1.29 is 0 Å². The van der Waals surface area contributed by atoms with Crippen LogP contribution in [0.2, 0.25) is 0 Å². The molecular weight excluding hydrogens is 520 g/mol. The van der Waals surface area contributed by atoms with Gasteiger partial charge in [-0.25, -0.2) is 0 Å². The van der Waals surface area contributed by atoms with Crippen LogP contribution in [0, 0.1) is 0 Å². The molecule has 0 spiro atoms. The number of benzene rings is 2. The third-order valence-corrected chi connectivity index (χ3v) is 7.12. The molecule has 0 aliphatic rings. The van der Waals surface area contributed by atoms with Crippen LogP contribution < -0.4 is 0 Å². The van der Waals surface area contributed by atoms with Gasteiger partial charge in [0.2, 0.25) is 0 Å². The van der Waals surface area contributed by atoms with E-state index in [1.165, 1.54) is 40.2 Å². The molecule has 0 N–H and O–H groups in total. The molecule has 98 valence electrons. The Morgan fingerprint density at radius 2 is 1.16 bits per heavy atom. The maximum absolute atomic E-state index is 3.64. The number of fused-ring (bicyclic) bond motifs is 3. The average molecular weight is 528 g/mol. The van der Waals surface area contributed by atoms with Crippen LogP contribution >= 0.6 is 75.1 Å². The zero-order valence-corrected chi connectivity index (χ0v) is 16.8. The Hall–Kier alpha value is 0.580. The number of alkyl halides is 2. The van der Waals surface area contributed by atoms with Crippen LogP contribution in [0.15, 0.2) is 33.2 Å². The van der Waals surface area contributed by atoms with Crippen LogP contribution in [0.3, 0.4) is 0 Å². The van der Waals surface area contributed by atoms with Gasteiger partial charge in [0.05, 0.1) is 0 Å². The quantitative estimate of drug-likeness (QED) is 0.305. The SMILES string of the molecule is BrCc1c(Br)ccc2c1sc1c(CBr)c(Br)ccc12. The van der Waals surface area contributed by atoms with Gasteiger partial charge in [0, 0.05) is 39.8 Å². The highest BCUT2D eigenvalue weighted by molar-refractivity contribution is 9.11. The molecule has 0 saturated heterocycles. The summed E-state index contributed by atoms with van der Waals surface area (Å²) in [6.07, 6.45) is 0. The van der Waals surface area contributed by atoms with Gasteiger partial charge in [-0.15, -0.1) is 11.3 Å². The van der Waals surface area contributed by atoms with E-state index >= 15 is 0 Å². The van der Waals surface area contributed by atoms with Crippen molar-refractivity contribution >= 4 is 95.2 Å². The van der Waals surface area contributed by atoms with Crippen LogP contribution in [-0.4, -0.2) is 0 Å². The van der Waals surface area contributed by atoms with E-state index in [1.54, 1.807) is 0 Å². The summed E-state index contributed by atoms with van der Waals surface area (Å²) in [5.74, 6) is 0. The molecule has 0 unspecified atom stereocenters. The summed E-state index contributed by atoms with van der Waals surface area (Å²) in [5.41, 5.74) is 2.66. The van der Waals surface area contributed by atoms with Crippen molar-refractivity contribution in [3.63, 3.8) is 0 Å². The van der Waals surface area contributed by atoms with Crippen LogP contribution in [0.5, 0.6) is 0 Å². The zero-order valence-electron chi connectivity index (χ0n) is 9.64. The molecule has 3 aromatic rings. The summed E-state index contributed by atoms with van der Waals surface area (Å²) in [6, 6.07) is 8.69. The molecule has 0 atom stereocenters. The largest absolute Gasteiger partial charge is 0.134 e. The number of halogens is 4. The van der Waals surface area contributed by atoms with E-state index in [2.05, 4.69) is 88.0 Å². The molecule has 0 radical (unpaired) electrons. The van der Waals surface area contributed by atoms with Gasteiger partial charge in [0.1, 0.15) is 0 Å². The fourth-order valence-electron chi connectivity index (χ4n) is 2.22. The lowest BCUT2D eigenvalue weighted by Crippen LogP contribution is -1.80. The highest BCUT2D eigenvalue weighted by Crippen LogP contribution is 2.42. The van der Waals surface area contributed by atoms with Crippen molar-refractivity contribution in [2.24, 2.45) is 0 Å². The molecule has 0 amide bonds. The maximum Gasteiger partial charge on any atom is 0.0407 e. The summed E-state index contributed by atoms with van der Waals surface area (Å²) in [6.45, 7) is 0. The van der Waals surface area contributed by atoms with E-state index in [0.717, 1.165) is 10.7 Å². The van der Waals surface area contributed by atoms with E-state index in [4.69, 9.17) is 0 Å². The Labute approximate surface area is 149 Å². The lowest BCUT2D eigenvalue weighted by Gasteiger charge is -2.02. The molecule has 1 aromatic heterocycles. The second-order valence-corrected chi connectivity index (χ2v) is 8.03. The monoisotopic (exact) mass is 524 g/mol. The van der Waals surface area contributed by atoms with E-state index in [-0.39, 0.29) is 0 Å². The molecule has 0 nitrogen and oxygen atoms in total. The van der Waals surface area contributed by atoms with E-state index in [1.807, 2.05) is 11.3 Å². The lowest BCUT2D eigenvalue weighted by atomic mass is 10.1. The van der Waals surface area contributed by atoms with Crippen molar-refractivity contribution in [1.29, 1.82) is 0 Å².